The number of hydrogen-bond donors (Lipinski definition) is 0. The molecule has 1 fully saturated rings. The van der Waals surface area contributed by atoms with Crippen molar-refractivity contribution in [3.8, 4) is 0 Å². The molecule has 6 heteroatoms. The highest BCUT2D eigenvalue weighted by molar-refractivity contribution is 7.87. The molecule has 13 heavy (non-hydrogen) atoms. The standard InChI is InChI=1S/C7H10O5S/c1-2-3-7(8)12-6-4-11-13(9,10)5-6/h2-3,6H,4-5H2,1H3. The van der Waals surface area contributed by atoms with Crippen molar-refractivity contribution >= 4 is 16.1 Å². The van der Waals surface area contributed by atoms with Crippen LogP contribution in [0.15, 0.2) is 12.2 Å². The van der Waals surface area contributed by atoms with Crippen molar-refractivity contribution < 1.29 is 22.1 Å². The molecular weight excluding hydrogens is 196 g/mol. The van der Waals surface area contributed by atoms with E-state index in [0.717, 1.165) is 0 Å². The van der Waals surface area contributed by atoms with Crippen LogP contribution in [0.4, 0.5) is 0 Å². The van der Waals surface area contributed by atoms with Crippen LogP contribution in [0.25, 0.3) is 0 Å². The fourth-order valence-corrected chi connectivity index (χ4v) is 1.99. The van der Waals surface area contributed by atoms with Gasteiger partial charge in [-0.25, -0.2) is 4.79 Å². The summed E-state index contributed by atoms with van der Waals surface area (Å²) >= 11 is 0. The summed E-state index contributed by atoms with van der Waals surface area (Å²) in [5.41, 5.74) is 0. The van der Waals surface area contributed by atoms with Gasteiger partial charge in [-0.3, -0.25) is 4.18 Å². The average Bonchev–Trinajstić information content (AvgIpc) is 2.30. The minimum Gasteiger partial charge on any atom is -0.456 e. The molecule has 0 aromatic rings. The van der Waals surface area contributed by atoms with Gasteiger partial charge >= 0.3 is 5.97 Å². The number of allylic oxidation sites excluding steroid dienone is 1. The van der Waals surface area contributed by atoms with E-state index < -0.39 is 22.2 Å². The molecule has 1 saturated heterocycles. The summed E-state index contributed by atoms with van der Waals surface area (Å²) in [5.74, 6) is -0.802. The van der Waals surface area contributed by atoms with Crippen LogP contribution in [0.2, 0.25) is 0 Å². The normalized spacial score (nSPS) is 26.4. The third-order valence-corrected chi connectivity index (χ3v) is 2.68. The maximum atomic E-state index is 10.9. The average molecular weight is 206 g/mol. The van der Waals surface area contributed by atoms with Crippen molar-refractivity contribution in [2.75, 3.05) is 12.4 Å². The van der Waals surface area contributed by atoms with Gasteiger partial charge in [-0.2, -0.15) is 8.42 Å². The summed E-state index contributed by atoms with van der Waals surface area (Å²) in [7, 11) is -3.46. The zero-order valence-electron chi connectivity index (χ0n) is 7.10. The van der Waals surface area contributed by atoms with Crippen LogP contribution in [0, 0.1) is 0 Å². The molecule has 1 atom stereocenters. The Morgan fingerprint density at radius 2 is 2.31 bits per heavy atom. The molecule has 1 aliphatic rings. The van der Waals surface area contributed by atoms with Crippen LogP contribution in [0.3, 0.4) is 0 Å². The molecule has 1 heterocycles. The Labute approximate surface area is 76.5 Å². The topological polar surface area (TPSA) is 69.7 Å². The largest absolute Gasteiger partial charge is 0.456 e. The Hall–Kier alpha value is -0.880. The second-order valence-electron chi connectivity index (χ2n) is 2.57. The van der Waals surface area contributed by atoms with Gasteiger partial charge in [0.05, 0.1) is 0 Å². The number of carbonyl (C=O) groups excluding carboxylic acids is 1. The lowest BCUT2D eigenvalue weighted by atomic mass is 10.4. The smallest absolute Gasteiger partial charge is 0.330 e. The van der Waals surface area contributed by atoms with Gasteiger partial charge in [0.15, 0.2) is 0 Å². The highest BCUT2D eigenvalue weighted by Crippen LogP contribution is 2.11. The first-order valence-corrected chi connectivity index (χ1v) is 5.31. The first-order chi connectivity index (χ1) is 6.03. The number of hydrogen-bond acceptors (Lipinski definition) is 5. The second kappa shape index (κ2) is 3.89. The third-order valence-electron chi connectivity index (χ3n) is 1.41. The van der Waals surface area contributed by atoms with Gasteiger partial charge < -0.3 is 4.74 Å². The molecule has 0 spiro atoms. The summed E-state index contributed by atoms with van der Waals surface area (Å²) in [5, 5.41) is 0. The molecule has 0 N–H and O–H groups in total. The fraction of sp³-hybridized carbons (Fsp3) is 0.571. The van der Waals surface area contributed by atoms with Gasteiger partial charge in [0, 0.05) is 6.08 Å². The number of rotatable bonds is 2. The lowest BCUT2D eigenvalue weighted by Crippen LogP contribution is -2.20. The van der Waals surface area contributed by atoms with Crippen molar-refractivity contribution in [1.82, 2.24) is 0 Å². The third kappa shape index (κ3) is 3.16. The van der Waals surface area contributed by atoms with E-state index in [1.54, 1.807) is 6.92 Å². The molecule has 5 nitrogen and oxygen atoms in total. The van der Waals surface area contributed by atoms with Gasteiger partial charge in [-0.05, 0) is 6.92 Å². The van der Waals surface area contributed by atoms with Gasteiger partial charge in [0.25, 0.3) is 10.1 Å². The highest BCUT2D eigenvalue weighted by Gasteiger charge is 2.31. The summed E-state index contributed by atoms with van der Waals surface area (Å²) in [4.78, 5) is 10.9. The lowest BCUT2D eigenvalue weighted by Gasteiger charge is -2.04. The quantitative estimate of drug-likeness (QED) is 0.356. The van der Waals surface area contributed by atoms with Gasteiger partial charge in [-0.1, -0.05) is 6.08 Å². The molecular formula is C7H10O5S. The molecule has 1 unspecified atom stereocenters. The second-order valence-corrected chi connectivity index (χ2v) is 4.25. The van der Waals surface area contributed by atoms with Gasteiger partial charge in [0.1, 0.15) is 18.5 Å². The van der Waals surface area contributed by atoms with E-state index >= 15 is 0 Å². The van der Waals surface area contributed by atoms with E-state index in [1.807, 2.05) is 0 Å². The van der Waals surface area contributed by atoms with Crippen LogP contribution in [-0.4, -0.2) is 32.9 Å². The molecule has 0 aliphatic carbocycles. The number of ether oxygens (including phenoxy) is 1. The van der Waals surface area contributed by atoms with E-state index in [-0.39, 0.29) is 12.4 Å². The molecule has 0 saturated carbocycles. The Balaban J connectivity index is 2.45. The van der Waals surface area contributed by atoms with Crippen molar-refractivity contribution in [3.63, 3.8) is 0 Å². The molecule has 0 aromatic carbocycles. The van der Waals surface area contributed by atoms with Gasteiger partial charge in [-0.15, -0.1) is 0 Å². The fourth-order valence-electron chi connectivity index (χ4n) is 0.911. The van der Waals surface area contributed by atoms with E-state index in [9.17, 15) is 13.2 Å². The highest BCUT2D eigenvalue weighted by atomic mass is 32.2. The van der Waals surface area contributed by atoms with Crippen molar-refractivity contribution in [2.45, 2.75) is 13.0 Å². The van der Waals surface area contributed by atoms with Gasteiger partial charge in [0.2, 0.25) is 0 Å². The summed E-state index contributed by atoms with van der Waals surface area (Å²) in [6.45, 7) is 1.59. The Kier molecular flexibility index (Phi) is 3.05. The van der Waals surface area contributed by atoms with Crippen LogP contribution >= 0.6 is 0 Å². The van der Waals surface area contributed by atoms with Crippen molar-refractivity contribution in [2.24, 2.45) is 0 Å². The predicted octanol–water partition coefficient (Wildman–Crippen LogP) is -0.166. The molecule has 74 valence electrons. The van der Waals surface area contributed by atoms with E-state index in [0.29, 0.717) is 0 Å². The minimum absolute atomic E-state index is 0.0778. The summed E-state index contributed by atoms with van der Waals surface area (Å²) in [6.07, 6.45) is 2.08. The Bertz CT molecular complexity index is 316. The Morgan fingerprint density at radius 1 is 1.62 bits per heavy atom. The van der Waals surface area contributed by atoms with Crippen LogP contribution in [-0.2, 0) is 23.8 Å². The SMILES string of the molecule is CC=CC(=O)OC1COS(=O)(=O)C1. The van der Waals surface area contributed by atoms with E-state index in [2.05, 4.69) is 4.18 Å². The van der Waals surface area contributed by atoms with Crippen molar-refractivity contribution in [1.29, 1.82) is 0 Å². The maximum absolute atomic E-state index is 10.9. The zero-order valence-corrected chi connectivity index (χ0v) is 7.91. The monoisotopic (exact) mass is 206 g/mol. The first kappa shape index (κ1) is 10.2. The minimum atomic E-state index is -3.46. The molecule has 0 bridgehead atoms. The summed E-state index contributed by atoms with van der Waals surface area (Å²) in [6, 6.07) is 0. The van der Waals surface area contributed by atoms with Crippen LogP contribution in [0.1, 0.15) is 6.92 Å². The van der Waals surface area contributed by atoms with E-state index in [1.165, 1.54) is 12.2 Å². The molecule has 0 aromatic heterocycles. The number of esters is 1. The van der Waals surface area contributed by atoms with Crippen molar-refractivity contribution in [3.05, 3.63) is 12.2 Å². The molecule has 1 rings (SSSR count). The Morgan fingerprint density at radius 3 is 2.77 bits per heavy atom. The lowest BCUT2D eigenvalue weighted by molar-refractivity contribution is -0.142. The predicted molar refractivity (Wildman–Crippen MR) is 44.4 cm³/mol. The van der Waals surface area contributed by atoms with E-state index in [4.69, 9.17) is 4.74 Å². The summed E-state index contributed by atoms with van der Waals surface area (Å²) < 4.78 is 30.7. The molecule has 1 aliphatic heterocycles. The zero-order chi connectivity index (χ0) is 9.90. The maximum Gasteiger partial charge on any atom is 0.330 e. The van der Waals surface area contributed by atoms with Crippen LogP contribution < -0.4 is 0 Å². The number of carbonyl (C=O) groups is 1. The van der Waals surface area contributed by atoms with Crippen LogP contribution in [0.5, 0.6) is 0 Å². The first-order valence-electron chi connectivity index (χ1n) is 3.74. The molecule has 0 radical (unpaired) electrons. The molecule has 0 amide bonds.